The lowest BCUT2D eigenvalue weighted by molar-refractivity contribution is -0.142. The number of aromatic hydroxyl groups is 1. The molecule has 1 saturated carbocycles. The van der Waals surface area contributed by atoms with Crippen molar-refractivity contribution in [1.29, 1.82) is 0 Å². The van der Waals surface area contributed by atoms with Gasteiger partial charge in [-0.15, -0.1) is 0 Å². The third-order valence-corrected chi connectivity index (χ3v) is 8.03. The number of phenolic OH excluding ortho intramolecular Hbond substituents is 1. The number of aliphatic carboxylic acids is 1. The molecule has 182 valence electrons. The van der Waals surface area contributed by atoms with E-state index in [0.717, 1.165) is 41.7 Å². The van der Waals surface area contributed by atoms with E-state index in [0.29, 0.717) is 19.4 Å². The molecule has 5 atom stereocenters. The zero-order valence-corrected chi connectivity index (χ0v) is 20.5. The highest BCUT2D eigenvalue weighted by Crippen LogP contribution is 2.55. The first-order valence-electron chi connectivity index (χ1n) is 12.3. The van der Waals surface area contributed by atoms with Crippen LogP contribution in [0.25, 0.3) is 0 Å². The molecule has 33 heavy (non-hydrogen) atoms. The Kier molecular flexibility index (Phi) is 6.29. The summed E-state index contributed by atoms with van der Waals surface area (Å²) in [5.74, 6) is 0.143. The fourth-order valence-electron chi connectivity index (χ4n) is 6.02. The summed E-state index contributed by atoms with van der Waals surface area (Å²) in [5.41, 5.74) is 2.35. The summed E-state index contributed by atoms with van der Waals surface area (Å²) in [6, 6.07) is 3.84. The van der Waals surface area contributed by atoms with Crippen molar-refractivity contribution >= 4 is 5.97 Å². The van der Waals surface area contributed by atoms with Crippen molar-refractivity contribution < 1.29 is 24.9 Å². The maximum atomic E-state index is 11.5. The summed E-state index contributed by atoms with van der Waals surface area (Å²) < 4.78 is 6.43. The Balaban J connectivity index is 1.55. The van der Waals surface area contributed by atoms with E-state index in [4.69, 9.17) is 4.74 Å². The second kappa shape index (κ2) is 8.62. The van der Waals surface area contributed by atoms with Crippen LogP contribution in [-0.2, 0) is 10.2 Å². The number of fused-ring (bicyclic) bond motifs is 3. The molecular formula is C27H39NO5. The number of aliphatic hydroxyl groups is 1. The van der Waals surface area contributed by atoms with E-state index in [1.807, 2.05) is 6.07 Å². The first-order valence-corrected chi connectivity index (χ1v) is 12.3. The van der Waals surface area contributed by atoms with Gasteiger partial charge in [0.1, 0.15) is 17.1 Å². The molecule has 0 radical (unpaired) electrons. The maximum Gasteiger partial charge on any atom is 0.308 e. The molecule has 0 amide bonds. The van der Waals surface area contributed by atoms with Gasteiger partial charge in [-0.05, 0) is 68.2 Å². The Morgan fingerprint density at radius 2 is 2.00 bits per heavy atom. The molecule has 2 aliphatic carbocycles. The van der Waals surface area contributed by atoms with E-state index in [1.165, 1.54) is 0 Å². The Hall–Kier alpha value is -2.05. The average Bonchev–Trinajstić information content (AvgIpc) is 3.19. The second-order valence-electron chi connectivity index (χ2n) is 11.7. The van der Waals surface area contributed by atoms with Crippen molar-refractivity contribution in [2.24, 2.45) is 11.8 Å². The van der Waals surface area contributed by atoms with Crippen molar-refractivity contribution in [2.45, 2.75) is 95.8 Å². The Bertz CT molecular complexity index is 945. The van der Waals surface area contributed by atoms with Crippen molar-refractivity contribution in [2.75, 3.05) is 6.54 Å². The number of ether oxygens (including phenoxy) is 1. The summed E-state index contributed by atoms with van der Waals surface area (Å²) in [6.07, 6.45) is 5.29. The van der Waals surface area contributed by atoms with Crippen LogP contribution in [0.4, 0.5) is 0 Å². The van der Waals surface area contributed by atoms with E-state index in [1.54, 1.807) is 0 Å². The Labute approximate surface area is 197 Å². The molecule has 4 N–H and O–H groups in total. The van der Waals surface area contributed by atoms with E-state index in [2.05, 4.69) is 52.1 Å². The normalized spacial score (nSPS) is 29.5. The van der Waals surface area contributed by atoms with Crippen LogP contribution in [0, 0.1) is 11.8 Å². The third kappa shape index (κ3) is 4.65. The Morgan fingerprint density at radius 3 is 2.67 bits per heavy atom. The molecule has 3 aliphatic rings. The number of allylic oxidation sites excluding steroid dienone is 1. The van der Waals surface area contributed by atoms with Crippen LogP contribution >= 0.6 is 0 Å². The molecule has 1 aromatic rings. The van der Waals surface area contributed by atoms with E-state index in [-0.39, 0.29) is 40.6 Å². The van der Waals surface area contributed by atoms with Crippen LogP contribution in [0.1, 0.15) is 83.8 Å². The third-order valence-electron chi connectivity index (χ3n) is 8.03. The second-order valence-corrected chi connectivity index (χ2v) is 11.7. The standard InChI is InChI=1S/C27H39NO5/c1-26(2,3)16-12-21(29)24-18-11-15(9-10-19(18)27(4,5)33-23(24)13-16)22(30)14-28-20-8-6-7-17(20)25(31)32/h9,12-13,17-20,22,28-30H,6-8,10-11,14H2,1-5H3,(H,31,32)/t17?,18-,19-,20?,22?/m1/s1. The van der Waals surface area contributed by atoms with Gasteiger partial charge in [0.25, 0.3) is 0 Å². The lowest BCUT2D eigenvalue weighted by Gasteiger charge is -2.47. The highest BCUT2D eigenvalue weighted by atomic mass is 16.5. The molecule has 0 saturated heterocycles. The number of hydrogen-bond acceptors (Lipinski definition) is 5. The van der Waals surface area contributed by atoms with Crippen LogP contribution < -0.4 is 10.1 Å². The molecule has 4 rings (SSSR count). The monoisotopic (exact) mass is 457 g/mol. The van der Waals surface area contributed by atoms with Gasteiger partial charge in [0.05, 0.1) is 12.0 Å². The van der Waals surface area contributed by atoms with Gasteiger partial charge in [-0.25, -0.2) is 0 Å². The van der Waals surface area contributed by atoms with Gasteiger partial charge < -0.3 is 25.4 Å². The number of carboxylic acids is 1. The van der Waals surface area contributed by atoms with Gasteiger partial charge in [-0.3, -0.25) is 4.79 Å². The van der Waals surface area contributed by atoms with Gasteiger partial charge in [0.15, 0.2) is 0 Å². The predicted molar refractivity (Wildman–Crippen MR) is 128 cm³/mol. The fourth-order valence-corrected chi connectivity index (χ4v) is 6.02. The minimum absolute atomic E-state index is 0.0608. The van der Waals surface area contributed by atoms with Crippen LogP contribution in [0.2, 0.25) is 0 Å². The largest absolute Gasteiger partial charge is 0.508 e. The molecule has 6 heteroatoms. The lowest BCUT2D eigenvalue weighted by Crippen LogP contribution is -2.46. The molecule has 1 aromatic carbocycles. The highest BCUT2D eigenvalue weighted by molar-refractivity contribution is 5.71. The zero-order chi connectivity index (χ0) is 24.1. The minimum Gasteiger partial charge on any atom is -0.508 e. The predicted octanol–water partition coefficient (Wildman–Crippen LogP) is 4.48. The molecular weight excluding hydrogens is 418 g/mol. The summed E-state index contributed by atoms with van der Waals surface area (Å²) in [5, 5.41) is 34.7. The molecule has 1 heterocycles. The number of hydrogen-bond donors (Lipinski definition) is 4. The maximum absolute atomic E-state index is 11.5. The summed E-state index contributed by atoms with van der Waals surface area (Å²) in [4.78, 5) is 11.5. The van der Waals surface area contributed by atoms with E-state index in [9.17, 15) is 20.1 Å². The SMILES string of the molecule is CC(C)(C)c1cc(O)c2c(c1)OC(C)(C)[C@@H]1CC=C(C(O)CNC3CCCC3C(=O)O)C[C@@H]21. The number of carbonyl (C=O) groups is 1. The molecule has 0 bridgehead atoms. The molecule has 1 fully saturated rings. The van der Waals surface area contributed by atoms with Gasteiger partial charge in [-0.2, -0.15) is 0 Å². The zero-order valence-electron chi connectivity index (χ0n) is 20.5. The topological polar surface area (TPSA) is 99.0 Å². The van der Waals surface area contributed by atoms with Gasteiger partial charge in [0.2, 0.25) is 0 Å². The summed E-state index contributed by atoms with van der Waals surface area (Å²) in [7, 11) is 0. The molecule has 0 aromatic heterocycles. The molecule has 1 aliphatic heterocycles. The quantitative estimate of drug-likeness (QED) is 0.487. The number of nitrogens with one attached hydrogen (secondary N) is 1. The van der Waals surface area contributed by atoms with Gasteiger partial charge in [0, 0.05) is 30.0 Å². The molecule has 6 nitrogen and oxygen atoms in total. The molecule has 3 unspecified atom stereocenters. The Morgan fingerprint density at radius 1 is 1.27 bits per heavy atom. The number of rotatable bonds is 5. The number of phenols is 1. The highest BCUT2D eigenvalue weighted by Gasteiger charge is 2.47. The van der Waals surface area contributed by atoms with Gasteiger partial charge in [-0.1, -0.05) is 33.3 Å². The number of carboxylic acid groups (broad SMARTS) is 1. The minimum atomic E-state index is -0.759. The first kappa shape index (κ1) is 24.1. The van der Waals surface area contributed by atoms with Crippen LogP contribution in [0.3, 0.4) is 0 Å². The van der Waals surface area contributed by atoms with Crippen LogP contribution in [-0.4, -0.2) is 45.6 Å². The average molecular weight is 458 g/mol. The summed E-state index contributed by atoms with van der Waals surface area (Å²) >= 11 is 0. The van der Waals surface area contributed by atoms with Crippen molar-refractivity contribution in [1.82, 2.24) is 5.32 Å². The smallest absolute Gasteiger partial charge is 0.308 e. The van der Waals surface area contributed by atoms with Crippen molar-refractivity contribution in [3.05, 3.63) is 34.9 Å². The molecule has 0 spiro atoms. The first-order chi connectivity index (χ1) is 15.4. The fraction of sp³-hybridized carbons (Fsp3) is 0.667. The summed E-state index contributed by atoms with van der Waals surface area (Å²) in [6.45, 7) is 10.9. The van der Waals surface area contributed by atoms with Gasteiger partial charge >= 0.3 is 5.97 Å². The van der Waals surface area contributed by atoms with E-state index >= 15 is 0 Å². The van der Waals surface area contributed by atoms with E-state index < -0.39 is 12.1 Å². The van der Waals surface area contributed by atoms with Crippen molar-refractivity contribution in [3.8, 4) is 11.5 Å². The van der Waals surface area contributed by atoms with Crippen LogP contribution in [0.5, 0.6) is 11.5 Å². The number of aliphatic hydroxyl groups excluding tert-OH is 1. The number of benzene rings is 1. The van der Waals surface area contributed by atoms with Crippen LogP contribution in [0.15, 0.2) is 23.8 Å². The lowest BCUT2D eigenvalue weighted by atomic mass is 9.66. The van der Waals surface area contributed by atoms with Crippen molar-refractivity contribution in [3.63, 3.8) is 0 Å².